The highest BCUT2D eigenvalue weighted by molar-refractivity contribution is 7.99. The zero-order valence-corrected chi connectivity index (χ0v) is 9.59. The maximum Gasteiger partial charge on any atom is 0.331 e. The molecule has 5 nitrogen and oxygen atoms in total. The number of hydrogen-bond donors (Lipinski definition) is 1. The van der Waals surface area contributed by atoms with Crippen molar-refractivity contribution in [2.45, 2.75) is 24.8 Å². The number of nitrogens with zero attached hydrogens (tertiary/aromatic N) is 1. The summed E-state index contributed by atoms with van der Waals surface area (Å²) in [5, 5.41) is 9.32. The van der Waals surface area contributed by atoms with Gasteiger partial charge in [0.2, 0.25) is 0 Å². The van der Waals surface area contributed by atoms with Crippen molar-refractivity contribution in [3.63, 3.8) is 0 Å². The van der Waals surface area contributed by atoms with Crippen LogP contribution in [0.4, 0.5) is 0 Å². The quantitative estimate of drug-likeness (QED) is 0.695. The molecule has 1 saturated carbocycles. The largest absolute Gasteiger partial charge is 0.480 e. The van der Waals surface area contributed by atoms with Crippen LogP contribution in [-0.4, -0.2) is 51.3 Å². The van der Waals surface area contributed by atoms with E-state index in [1.807, 2.05) is 0 Å². The molecule has 88 valence electrons. The van der Waals surface area contributed by atoms with Gasteiger partial charge in [-0.25, -0.2) is 4.79 Å². The number of thioether (sulfide) groups is 1. The van der Waals surface area contributed by atoms with Gasteiger partial charge in [0, 0.05) is 24.6 Å². The average molecular weight is 243 g/mol. The lowest BCUT2D eigenvalue weighted by Gasteiger charge is -2.38. The van der Waals surface area contributed by atoms with Crippen molar-refractivity contribution in [2.24, 2.45) is 0 Å². The molecule has 6 heteroatoms. The van der Waals surface area contributed by atoms with Crippen molar-refractivity contribution < 1.29 is 19.5 Å². The fraction of sp³-hybridized carbons (Fsp3) is 0.700. The normalized spacial score (nSPS) is 32.0. The van der Waals surface area contributed by atoms with Crippen LogP contribution in [-0.2, 0) is 14.4 Å². The molecule has 2 fully saturated rings. The summed E-state index contributed by atoms with van der Waals surface area (Å²) >= 11 is 1.62. The molecule has 2 rings (SSSR count). The molecule has 0 amide bonds. The molecule has 1 aliphatic heterocycles. The molecular weight excluding hydrogens is 230 g/mol. The van der Waals surface area contributed by atoms with Crippen LogP contribution >= 0.6 is 11.8 Å². The molecule has 0 spiro atoms. The van der Waals surface area contributed by atoms with Crippen molar-refractivity contribution in [3.8, 4) is 0 Å². The molecular formula is C10H13NO4S. The Morgan fingerprint density at radius 2 is 2.19 bits per heavy atom. The summed E-state index contributed by atoms with van der Waals surface area (Å²) in [6.45, 7) is 0.608. The molecule has 1 unspecified atom stereocenters. The van der Waals surface area contributed by atoms with Crippen molar-refractivity contribution in [1.82, 2.24) is 4.90 Å². The molecule has 16 heavy (non-hydrogen) atoms. The van der Waals surface area contributed by atoms with Gasteiger partial charge in [0.05, 0.1) is 6.42 Å². The van der Waals surface area contributed by atoms with Crippen LogP contribution in [0.25, 0.3) is 0 Å². The SMILES string of the molecule is O=C1CCC(C(=O)O)(N2CCSC2)C(=O)C1. The highest BCUT2D eigenvalue weighted by atomic mass is 32.2. The number of Topliss-reactive ketones (excluding diaryl/α,β-unsaturated/α-hetero) is 2. The summed E-state index contributed by atoms with van der Waals surface area (Å²) in [5.41, 5.74) is -1.43. The maximum atomic E-state index is 11.9. The van der Waals surface area contributed by atoms with Gasteiger partial charge in [0.25, 0.3) is 0 Å². The molecule has 0 bridgehead atoms. The van der Waals surface area contributed by atoms with Crippen LogP contribution in [0.5, 0.6) is 0 Å². The van der Waals surface area contributed by atoms with Gasteiger partial charge >= 0.3 is 5.97 Å². The molecule has 2 aliphatic rings. The first kappa shape index (κ1) is 11.6. The Morgan fingerprint density at radius 3 is 2.69 bits per heavy atom. The van der Waals surface area contributed by atoms with Crippen LogP contribution in [0.15, 0.2) is 0 Å². The zero-order valence-electron chi connectivity index (χ0n) is 8.77. The van der Waals surface area contributed by atoms with E-state index in [9.17, 15) is 19.5 Å². The molecule has 0 aromatic heterocycles. The minimum atomic E-state index is -1.43. The van der Waals surface area contributed by atoms with E-state index in [-0.39, 0.29) is 25.0 Å². The minimum Gasteiger partial charge on any atom is -0.480 e. The van der Waals surface area contributed by atoms with Crippen molar-refractivity contribution in [1.29, 1.82) is 0 Å². The van der Waals surface area contributed by atoms with E-state index in [1.54, 1.807) is 16.7 Å². The second-order valence-corrected chi connectivity index (χ2v) is 5.18. The molecule has 0 radical (unpaired) electrons. The smallest absolute Gasteiger partial charge is 0.331 e. The van der Waals surface area contributed by atoms with Crippen LogP contribution in [0.2, 0.25) is 0 Å². The Balaban J connectivity index is 2.31. The Morgan fingerprint density at radius 1 is 1.44 bits per heavy atom. The lowest BCUT2D eigenvalue weighted by Crippen LogP contribution is -2.61. The molecule has 0 aromatic carbocycles. The highest BCUT2D eigenvalue weighted by Crippen LogP contribution is 2.33. The Labute approximate surface area is 97.2 Å². The van der Waals surface area contributed by atoms with E-state index >= 15 is 0 Å². The number of aliphatic carboxylic acids is 1. The fourth-order valence-corrected chi connectivity index (χ4v) is 3.33. The number of hydrogen-bond acceptors (Lipinski definition) is 5. The van der Waals surface area contributed by atoms with Crippen molar-refractivity contribution in [2.75, 3.05) is 18.2 Å². The van der Waals surface area contributed by atoms with Gasteiger partial charge < -0.3 is 5.11 Å². The van der Waals surface area contributed by atoms with E-state index in [2.05, 4.69) is 0 Å². The van der Waals surface area contributed by atoms with Gasteiger partial charge in [-0.15, -0.1) is 11.8 Å². The van der Waals surface area contributed by atoms with Gasteiger partial charge in [0.1, 0.15) is 5.78 Å². The summed E-state index contributed by atoms with van der Waals surface area (Å²) in [7, 11) is 0. The van der Waals surface area contributed by atoms with Gasteiger partial charge in [-0.05, 0) is 6.42 Å². The van der Waals surface area contributed by atoms with Gasteiger partial charge in [-0.1, -0.05) is 0 Å². The molecule has 1 heterocycles. The van der Waals surface area contributed by atoms with Crippen LogP contribution < -0.4 is 0 Å². The topological polar surface area (TPSA) is 74.7 Å². The van der Waals surface area contributed by atoms with Gasteiger partial charge in [0.15, 0.2) is 11.3 Å². The van der Waals surface area contributed by atoms with E-state index < -0.39 is 17.3 Å². The third kappa shape index (κ3) is 1.66. The van der Waals surface area contributed by atoms with E-state index in [0.29, 0.717) is 12.4 Å². The third-order valence-electron chi connectivity index (χ3n) is 3.23. The Kier molecular flexibility index (Phi) is 3.03. The predicted molar refractivity (Wildman–Crippen MR) is 58.3 cm³/mol. The Bertz CT molecular complexity index is 351. The fourth-order valence-electron chi connectivity index (χ4n) is 2.28. The average Bonchev–Trinajstić information content (AvgIpc) is 2.71. The first-order valence-corrected chi connectivity index (χ1v) is 6.34. The van der Waals surface area contributed by atoms with Gasteiger partial charge in [-0.2, -0.15) is 0 Å². The number of rotatable bonds is 2. The van der Waals surface area contributed by atoms with Crippen molar-refractivity contribution >= 4 is 29.3 Å². The van der Waals surface area contributed by atoms with E-state index in [0.717, 1.165) is 5.75 Å². The number of carbonyl (C=O) groups is 3. The minimum absolute atomic E-state index is 0.126. The number of carboxylic acids is 1. The van der Waals surface area contributed by atoms with E-state index in [1.165, 1.54) is 0 Å². The van der Waals surface area contributed by atoms with Crippen molar-refractivity contribution in [3.05, 3.63) is 0 Å². The summed E-state index contributed by atoms with van der Waals surface area (Å²) in [6.07, 6.45) is 0.0905. The molecule has 1 atom stereocenters. The molecule has 1 aliphatic carbocycles. The standard InChI is InChI=1S/C10H13NO4S/c12-7-1-2-10(9(14)15,8(13)5-7)11-3-4-16-6-11/h1-6H2,(H,14,15). The number of carboxylic acid groups (broad SMARTS) is 1. The number of carbonyl (C=O) groups excluding carboxylic acids is 2. The second-order valence-electron chi connectivity index (χ2n) is 4.10. The third-order valence-corrected chi connectivity index (χ3v) is 4.20. The monoisotopic (exact) mass is 243 g/mol. The lowest BCUT2D eigenvalue weighted by molar-refractivity contribution is -0.160. The summed E-state index contributed by atoms with van der Waals surface area (Å²) in [4.78, 5) is 36.2. The first-order valence-electron chi connectivity index (χ1n) is 5.18. The summed E-state index contributed by atoms with van der Waals surface area (Å²) < 4.78 is 0. The van der Waals surface area contributed by atoms with Gasteiger partial charge in [-0.3, -0.25) is 14.5 Å². The number of ketones is 2. The summed E-state index contributed by atoms with van der Waals surface area (Å²) in [6, 6.07) is 0. The van der Waals surface area contributed by atoms with Crippen LogP contribution in [0, 0.1) is 0 Å². The van der Waals surface area contributed by atoms with E-state index in [4.69, 9.17) is 0 Å². The highest BCUT2D eigenvalue weighted by Gasteiger charge is 2.53. The predicted octanol–water partition coefficient (Wildman–Crippen LogP) is 0.138. The van der Waals surface area contributed by atoms with Crippen LogP contribution in [0.1, 0.15) is 19.3 Å². The first-order chi connectivity index (χ1) is 7.57. The molecule has 1 saturated heterocycles. The second kappa shape index (κ2) is 4.18. The maximum absolute atomic E-state index is 11.9. The zero-order chi connectivity index (χ0) is 11.8. The lowest BCUT2D eigenvalue weighted by atomic mass is 9.78. The molecule has 0 aromatic rings. The Hall–Kier alpha value is -0.880. The summed E-state index contributed by atoms with van der Waals surface area (Å²) in [5.74, 6) is -0.289. The van der Waals surface area contributed by atoms with Crippen LogP contribution in [0.3, 0.4) is 0 Å². The molecule has 1 N–H and O–H groups in total.